The van der Waals surface area contributed by atoms with Crippen molar-refractivity contribution in [3.63, 3.8) is 0 Å². The standard InChI is InChI=1S/C38H36N4O5S/c1-6-46-31-19-15-26(16-20-31)34-33(35(43)40-29-11-9-8-10-12-29)24(4)39-38-42(34)36(44)32(48-38)22-28-21-23(3)41(25(28)5)30-17-13-27(14-18-30)37(45)47-7-2/h8-22,34H,6-7H2,1-5H3,(H,40,43)/b32-22-/t34-/m0/s1. The summed E-state index contributed by atoms with van der Waals surface area (Å²) in [7, 11) is 0. The predicted molar refractivity (Wildman–Crippen MR) is 188 cm³/mol. The molecule has 0 fully saturated rings. The van der Waals surface area contributed by atoms with Crippen molar-refractivity contribution in [2.24, 2.45) is 4.99 Å². The Kier molecular flexibility index (Phi) is 9.27. The quantitative estimate of drug-likeness (QED) is 0.200. The Labute approximate surface area is 282 Å². The van der Waals surface area contributed by atoms with E-state index < -0.39 is 6.04 Å². The number of carbonyl (C=O) groups excluding carboxylic acids is 2. The monoisotopic (exact) mass is 660 g/mol. The lowest BCUT2D eigenvalue weighted by Gasteiger charge is -2.25. The van der Waals surface area contributed by atoms with Crippen molar-refractivity contribution in [3.8, 4) is 11.4 Å². The van der Waals surface area contributed by atoms with Crippen LogP contribution in [0.1, 0.15) is 59.7 Å². The fourth-order valence-corrected chi connectivity index (χ4v) is 7.03. The third-order valence-corrected chi connectivity index (χ3v) is 9.18. The Hall–Kier alpha value is -5.48. The average molecular weight is 661 g/mol. The molecule has 1 aliphatic heterocycles. The van der Waals surface area contributed by atoms with Gasteiger partial charge in [-0.2, -0.15) is 0 Å². The highest BCUT2D eigenvalue weighted by Gasteiger charge is 2.32. The number of fused-ring (bicyclic) bond motifs is 1. The molecule has 3 aromatic carbocycles. The number of aryl methyl sites for hydroxylation is 1. The van der Waals surface area contributed by atoms with Crippen LogP contribution in [0.25, 0.3) is 11.8 Å². The number of rotatable bonds is 9. The lowest BCUT2D eigenvalue weighted by Crippen LogP contribution is -2.40. The normalized spacial score (nSPS) is 14.4. The molecule has 0 spiro atoms. The van der Waals surface area contributed by atoms with Crippen molar-refractivity contribution in [1.29, 1.82) is 0 Å². The van der Waals surface area contributed by atoms with E-state index in [1.807, 2.05) is 99.6 Å². The van der Waals surface area contributed by atoms with Crippen LogP contribution < -0.4 is 24.9 Å². The first kappa shape index (κ1) is 32.5. The van der Waals surface area contributed by atoms with Gasteiger partial charge in [0.2, 0.25) is 0 Å². The van der Waals surface area contributed by atoms with E-state index >= 15 is 0 Å². The maximum Gasteiger partial charge on any atom is 0.338 e. The number of aromatic nitrogens is 2. The zero-order valence-corrected chi connectivity index (χ0v) is 28.3. The van der Waals surface area contributed by atoms with Crippen molar-refractivity contribution in [2.45, 2.75) is 40.7 Å². The molecule has 0 saturated heterocycles. The third-order valence-electron chi connectivity index (χ3n) is 8.20. The third kappa shape index (κ3) is 6.26. The minimum Gasteiger partial charge on any atom is -0.494 e. The number of nitrogens with zero attached hydrogens (tertiary/aromatic N) is 3. The number of carbonyl (C=O) groups is 2. The van der Waals surface area contributed by atoms with Crippen LogP contribution in [0.3, 0.4) is 0 Å². The molecule has 3 heterocycles. The number of hydrogen-bond acceptors (Lipinski definition) is 7. The van der Waals surface area contributed by atoms with Gasteiger partial charge in [-0.25, -0.2) is 9.79 Å². The first-order valence-corrected chi connectivity index (χ1v) is 16.6. The van der Waals surface area contributed by atoms with Crippen LogP contribution in [0, 0.1) is 13.8 Å². The summed E-state index contributed by atoms with van der Waals surface area (Å²) in [6, 6.07) is 25.3. The molecule has 0 aliphatic carbocycles. The number of hydrogen-bond donors (Lipinski definition) is 1. The zero-order valence-electron chi connectivity index (χ0n) is 27.4. The van der Waals surface area contributed by atoms with E-state index in [0.717, 1.165) is 28.2 Å². The molecule has 2 aromatic heterocycles. The smallest absolute Gasteiger partial charge is 0.338 e. The van der Waals surface area contributed by atoms with Gasteiger partial charge >= 0.3 is 5.97 Å². The van der Waals surface area contributed by atoms with Gasteiger partial charge in [0.25, 0.3) is 11.5 Å². The van der Waals surface area contributed by atoms with Crippen molar-refractivity contribution in [1.82, 2.24) is 9.13 Å². The second-order valence-electron chi connectivity index (χ2n) is 11.3. The average Bonchev–Trinajstić information content (AvgIpc) is 3.54. The van der Waals surface area contributed by atoms with Crippen LogP contribution in [0.2, 0.25) is 0 Å². The number of para-hydroxylation sites is 1. The molecule has 1 aliphatic rings. The van der Waals surface area contributed by atoms with Crippen LogP contribution in [0.15, 0.2) is 106 Å². The maximum atomic E-state index is 14.3. The number of thiazole rings is 1. The number of ether oxygens (including phenoxy) is 2. The SMILES string of the molecule is CCOC(=O)c1ccc(-n2c(C)cc(/C=c3\sc4n(c3=O)[C@@H](c3ccc(OCC)cc3)C(C(=O)Nc3ccccc3)=C(C)N=4)c2C)cc1. The molecule has 5 aromatic rings. The molecule has 9 nitrogen and oxygen atoms in total. The summed E-state index contributed by atoms with van der Waals surface area (Å²) in [5.41, 5.74) is 6.27. The van der Waals surface area contributed by atoms with Gasteiger partial charge in [0.1, 0.15) is 5.75 Å². The van der Waals surface area contributed by atoms with E-state index in [1.54, 1.807) is 30.5 Å². The molecule has 10 heteroatoms. The number of allylic oxidation sites excluding steroid dienone is 1. The zero-order chi connectivity index (χ0) is 33.9. The van der Waals surface area contributed by atoms with E-state index in [9.17, 15) is 14.4 Å². The van der Waals surface area contributed by atoms with Gasteiger partial charge in [-0.3, -0.25) is 14.2 Å². The largest absolute Gasteiger partial charge is 0.494 e. The molecule has 0 radical (unpaired) electrons. The summed E-state index contributed by atoms with van der Waals surface area (Å²) in [5, 5.41) is 2.99. The highest BCUT2D eigenvalue weighted by molar-refractivity contribution is 7.07. The number of amides is 1. The molecule has 244 valence electrons. The Morgan fingerprint density at radius 1 is 0.938 bits per heavy atom. The fourth-order valence-electron chi connectivity index (χ4n) is 5.99. The summed E-state index contributed by atoms with van der Waals surface area (Å²) in [4.78, 5) is 45.6. The first-order valence-electron chi connectivity index (χ1n) is 15.8. The topological polar surface area (TPSA) is 104 Å². The first-order chi connectivity index (χ1) is 23.2. The van der Waals surface area contributed by atoms with E-state index in [1.165, 1.54) is 11.3 Å². The van der Waals surface area contributed by atoms with Gasteiger partial charge in [-0.05, 0) is 106 Å². The van der Waals surface area contributed by atoms with Crippen molar-refractivity contribution in [3.05, 3.63) is 144 Å². The Morgan fingerprint density at radius 2 is 1.65 bits per heavy atom. The molecule has 0 bridgehead atoms. The van der Waals surface area contributed by atoms with Crippen LogP contribution >= 0.6 is 11.3 Å². The van der Waals surface area contributed by atoms with E-state index in [2.05, 4.69) is 9.88 Å². The van der Waals surface area contributed by atoms with Gasteiger partial charge in [0.15, 0.2) is 4.80 Å². The summed E-state index contributed by atoms with van der Waals surface area (Å²) < 4.78 is 15.0. The Bertz CT molecular complexity index is 2210. The van der Waals surface area contributed by atoms with Gasteiger partial charge in [0, 0.05) is 22.8 Å². The van der Waals surface area contributed by atoms with Gasteiger partial charge in [0.05, 0.1) is 40.6 Å². The summed E-state index contributed by atoms with van der Waals surface area (Å²) in [6.45, 7) is 10.3. The van der Waals surface area contributed by atoms with Crippen molar-refractivity contribution < 1.29 is 19.1 Å². The second-order valence-corrected chi connectivity index (χ2v) is 12.3. The van der Waals surface area contributed by atoms with E-state index in [0.29, 0.717) is 50.8 Å². The number of esters is 1. The Morgan fingerprint density at radius 3 is 2.31 bits per heavy atom. The van der Waals surface area contributed by atoms with Crippen LogP contribution in [0.5, 0.6) is 5.75 Å². The van der Waals surface area contributed by atoms with Gasteiger partial charge in [-0.1, -0.05) is 41.7 Å². The summed E-state index contributed by atoms with van der Waals surface area (Å²) in [5.74, 6) is 0.0178. The van der Waals surface area contributed by atoms with Crippen molar-refractivity contribution in [2.75, 3.05) is 18.5 Å². The lowest BCUT2D eigenvalue weighted by atomic mass is 9.95. The molecule has 6 rings (SSSR count). The number of benzene rings is 3. The molecular formula is C38H36N4O5S. The van der Waals surface area contributed by atoms with Crippen LogP contribution in [0.4, 0.5) is 5.69 Å². The molecule has 0 saturated carbocycles. The summed E-state index contributed by atoms with van der Waals surface area (Å²) in [6.07, 6.45) is 1.88. The number of anilines is 1. The fraction of sp³-hybridized carbons (Fsp3) is 0.211. The molecule has 1 atom stereocenters. The highest BCUT2D eigenvalue weighted by atomic mass is 32.1. The van der Waals surface area contributed by atoms with Crippen molar-refractivity contribution >= 4 is 35.0 Å². The minimum atomic E-state index is -0.701. The summed E-state index contributed by atoms with van der Waals surface area (Å²) >= 11 is 1.29. The van der Waals surface area contributed by atoms with E-state index in [4.69, 9.17) is 14.5 Å². The maximum absolute atomic E-state index is 14.3. The highest BCUT2D eigenvalue weighted by Crippen LogP contribution is 2.32. The predicted octanol–water partition coefficient (Wildman–Crippen LogP) is 5.86. The molecular weight excluding hydrogens is 625 g/mol. The minimum absolute atomic E-state index is 0.237. The van der Waals surface area contributed by atoms with E-state index in [-0.39, 0.29) is 17.4 Å². The number of nitrogens with one attached hydrogen (secondary N) is 1. The van der Waals surface area contributed by atoms with Gasteiger partial charge in [-0.15, -0.1) is 0 Å². The second kappa shape index (κ2) is 13.7. The van der Waals surface area contributed by atoms with Gasteiger partial charge < -0.3 is 19.4 Å². The van der Waals surface area contributed by atoms with Crippen LogP contribution in [-0.4, -0.2) is 34.2 Å². The van der Waals surface area contributed by atoms with Crippen LogP contribution in [-0.2, 0) is 9.53 Å². The molecule has 1 amide bonds. The Balaban J connectivity index is 1.43. The molecule has 1 N–H and O–H groups in total. The molecule has 48 heavy (non-hydrogen) atoms. The molecule has 0 unspecified atom stereocenters. The lowest BCUT2D eigenvalue weighted by molar-refractivity contribution is -0.113.